The molecule has 0 aromatic heterocycles. The molecule has 1 aliphatic carbocycles. The number of carbonyl (C=O) groups is 4. The molecular weight excluding hydrogens is 473 g/mol. The van der Waals surface area contributed by atoms with Crippen molar-refractivity contribution in [3.63, 3.8) is 0 Å². The van der Waals surface area contributed by atoms with Gasteiger partial charge in [-0.1, -0.05) is 41.7 Å². The number of rotatable bonds is 6. The van der Waals surface area contributed by atoms with Gasteiger partial charge in [-0.25, -0.2) is 9.59 Å². The average molecular weight is 493 g/mol. The first-order valence-corrected chi connectivity index (χ1v) is 10.6. The highest BCUT2D eigenvalue weighted by atomic mass is 35.5. The molecule has 0 radical (unpaired) electrons. The molecule has 2 fully saturated rings. The molecule has 168 valence electrons. The fourth-order valence-electron chi connectivity index (χ4n) is 3.41. The second-order valence-electron chi connectivity index (χ2n) is 7.52. The van der Waals surface area contributed by atoms with Crippen LogP contribution in [0.2, 0.25) is 15.1 Å². The number of nitrogens with zero attached hydrogens (tertiary/aromatic N) is 1. The molecule has 2 N–H and O–H groups in total. The van der Waals surface area contributed by atoms with Crippen LogP contribution in [0.1, 0.15) is 32.6 Å². The zero-order valence-corrected chi connectivity index (χ0v) is 18.8. The van der Waals surface area contributed by atoms with E-state index in [2.05, 4.69) is 17.7 Å². The van der Waals surface area contributed by atoms with Crippen LogP contribution in [0.5, 0.6) is 5.75 Å². The third-order valence-corrected chi connectivity index (χ3v) is 6.23. The molecule has 0 unspecified atom stereocenters. The van der Waals surface area contributed by atoms with Gasteiger partial charge in [0.15, 0.2) is 13.2 Å². The lowest BCUT2D eigenvalue weighted by Crippen LogP contribution is -2.52. The fraction of sp³-hybridized carbons (Fsp3) is 0.474. The number of hydrogen-bond acceptors (Lipinski definition) is 6. The van der Waals surface area contributed by atoms with Crippen molar-refractivity contribution >= 4 is 58.6 Å². The second kappa shape index (κ2) is 9.50. The first-order chi connectivity index (χ1) is 14.6. The van der Waals surface area contributed by atoms with E-state index in [-0.39, 0.29) is 20.8 Å². The Morgan fingerprint density at radius 2 is 1.77 bits per heavy atom. The second-order valence-corrected chi connectivity index (χ2v) is 8.74. The lowest BCUT2D eigenvalue weighted by Gasteiger charge is -2.33. The summed E-state index contributed by atoms with van der Waals surface area (Å²) in [4.78, 5) is 48.8. The van der Waals surface area contributed by atoms with Gasteiger partial charge in [0.1, 0.15) is 11.3 Å². The number of nitrogens with one attached hydrogen (secondary N) is 2. The molecule has 0 atom stereocenters. The van der Waals surface area contributed by atoms with E-state index >= 15 is 0 Å². The summed E-state index contributed by atoms with van der Waals surface area (Å²) in [6.45, 7) is 0.828. The highest BCUT2D eigenvalue weighted by molar-refractivity contribution is 6.43. The summed E-state index contributed by atoms with van der Waals surface area (Å²) in [5, 5.41) is 3.87. The van der Waals surface area contributed by atoms with Crippen LogP contribution in [0.25, 0.3) is 0 Å². The van der Waals surface area contributed by atoms with Gasteiger partial charge in [0.25, 0.3) is 11.8 Å². The van der Waals surface area contributed by atoms with Gasteiger partial charge in [0.05, 0.1) is 15.1 Å². The number of carbonyl (C=O) groups excluding carboxylic acids is 4. The molecule has 31 heavy (non-hydrogen) atoms. The van der Waals surface area contributed by atoms with E-state index in [0.29, 0.717) is 23.8 Å². The SMILES string of the molecule is CC1CCC2(CC1)NC(=O)N(NC(=O)COC(=O)COc1cc(Cl)c(Cl)cc1Cl)C2=O. The molecule has 3 rings (SSSR count). The molecule has 2 aliphatic rings. The number of hydrazine groups is 1. The number of ether oxygens (including phenoxy) is 2. The maximum Gasteiger partial charge on any atom is 0.344 e. The normalized spacial score (nSPS) is 23.0. The van der Waals surface area contributed by atoms with E-state index in [1.165, 1.54) is 12.1 Å². The number of hydrogen-bond donors (Lipinski definition) is 2. The van der Waals surface area contributed by atoms with Crippen molar-refractivity contribution in [1.29, 1.82) is 0 Å². The highest BCUT2D eigenvalue weighted by Gasteiger charge is 2.52. The molecule has 1 aliphatic heterocycles. The highest BCUT2D eigenvalue weighted by Crippen LogP contribution is 2.36. The first kappa shape index (κ1) is 23.4. The van der Waals surface area contributed by atoms with Crippen LogP contribution in [0.4, 0.5) is 4.79 Å². The van der Waals surface area contributed by atoms with Crippen LogP contribution in [0.15, 0.2) is 12.1 Å². The quantitative estimate of drug-likeness (QED) is 0.358. The van der Waals surface area contributed by atoms with E-state index < -0.39 is 42.6 Å². The summed E-state index contributed by atoms with van der Waals surface area (Å²) in [7, 11) is 0. The largest absolute Gasteiger partial charge is 0.480 e. The van der Waals surface area contributed by atoms with Gasteiger partial charge in [0, 0.05) is 6.07 Å². The van der Waals surface area contributed by atoms with Crippen molar-refractivity contribution < 1.29 is 28.7 Å². The van der Waals surface area contributed by atoms with Gasteiger partial charge in [-0.2, -0.15) is 5.01 Å². The number of urea groups is 1. The molecule has 1 saturated carbocycles. The summed E-state index contributed by atoms with van der Waals surface area (Å²) < 4.78 is 10.0. The van der Waals surface area contributed by atoms with Crippen molar-refractivity contribution in [2.24, 2.45) is 5.92 Å². The lowest BCUT2D eigenvalue weighted by atomic mass is 9.77. The Bertz CT molecular complexity index is 917. The monoisotopic (exact) mass is 491 g/mol. The minimum absolute atomic E-state index is 0.115. The Morgan fingerprint density at radius 1 is 1.13 bits per heavy atom. The molecule has 4 amide bonds. The third kappa shape index (κ3) is 5.34. The van der Waals surface area contributed by atoms with Gasteiger partial charge in [-0.15, -0.1) is 0 Å². The first-order valence-electron chi connectivity index (χ1n) is 9.50. The average Bonchev–Trinajstić information content (AvgIpc) is 2.94. The van der Waals surface area contributed by atoms with Crippen LogP contribution >= 0.6 is 34.8 Å². The number of imide groups is 1. The van der Waals surface area contributed by atoms with Crippen molar-refractivity contribution in [3.8, 4) is 5.75 Å². The van der Waals surface area contributed by atoms with Gasteiger partial charge in [-0.05, 0) is 37.7 Å². The van der Waals surface area contributed by atoms with Crippen molar-refractivity contribution in [2.75, 3.05) is 13.2 Å². The number of benzene rings is 1. The zero-order valence-electron chi connectivity index (χ0n) is 16.5. The molecule has 9 nitrogen and oxygen atoms in total. The molecule has 1 spiro atoms. The minimum Gasteiger partial charge on any atom is -0.480 e. The van der Waals surface area contributed by atoms with E-state index in [1.807, 2.05) is 0 Å². The maximum absolute atomic E-state index is 12.7. The van der Waals surface area contributed by atoms with E-state index in [4.69, 9.17) is 44.3 Å². The van der Waals surface area contributed by atoms with Gasteiger partial charge >= 0.3 is 12.0 Å². The van der Waals surface area contributed by atoms with E-state index in [9.17, 15) is 19.2 Å². The van der Waals surface area contributed by atoms with Crippen LogP contribution < -0.4 is 15.5 Å². The number of halogens is 3. The maximum atomic E-state index is 12.7. The van der Waals surface area contributed by atoms with Crippen LogP contribution in [0, 0.1) is 5.92 Å². The third-order valence-electron chi connectivity index (χ3n) is 5.21. The van der Waals surface area contributed by atoms with Crippen molar-refractivity contribution in [3.05, 3.63) is 27.2 Å². The predicted molar refractivity (Wildman–Crippen MR) is 112 cm³/mol. The van der Waals surface area contributed by atoms with Gasteiger partial charge < -0.3 is 14.8 Å². The molecule has 1 aromatic carbocycles. The summed E-state index contributed by atoms with van der Waals surface area (Å²) in [6, 6.07) is 1.99. The smallest absolute Gasteiger partial charge is 0.344 e. The van der Waals surface area contributed by atoms with E-state index in [0.717, 1.165) is 12.8 Å². The summed E-state index contributed by atoms with van der Waals surface area (Å²) in [6.07, 6.45) is 2.62. The van der Waals surface area contributed by atoms with Crippen molar-refractivity contribution in [2.45, 2.75) is 38.1 Å². The topological polar surface area (TPSA) is 114 Å². The molecule has 0 bridgehead atoms. The van der Waals surface area contributed by atoms with Crippen LogP contribution in [-0.2, 0) is 19.1 Å². The molecule has 1 heterocycles. The number of amides is 4. The predicted octanol–water partition coefficient (Wildman–Crippen LogP) is 3.10. The number of esters is 1. The minimum atomic E-state index is -0.986. The lowest BCUT2D eigenvalue weighted by molar-refractivity contribution is -0.152. The molecule has 1 saturated heterocycles. The standard InChI is InChI=1S/C19H20Cl3N3O6/c1-10-2-4-19(5-3-10)17(28)25(18(29)23-19)24-15(26)8-31-16(27)9-30-14-7-12(21)11(20)6-13(14)22/h6-7,10H,2-5,8-9H2,1H3,(H,23,29)(H,24,26). The molecule has 12 heteroatoms. The Hall–Kier alpha value is -2.23. The summed E-state index contributed by atoms with van der Waals surface area (Å²) in [5.41, 5.74) is 1.19. The Labute approximate surface area is 193 Å². The van der Waals surface area contributed by atoms with Gasteiger partial charge in [-0.3, -0.25) is 15.0 Å². The summed E-state index contributed by atoms with van der Waals surface area (Å²) in [5.74, 6) is -1.64. The van der Waals surface area contributed by atoms with Crippen LogP contribution in [0.3, 0.4) is 0 Å². The molecular formula is C19H20Cl3N3O6. The zero-order chi connectivity index (χ0) is 22.8. The Morgan fingerprint density at radius 3 is 2.45 bits per heavy atom. The fourth-order valence-corrected chi connectivity index (χ4v) is 4.00. The summed E-state index contributed by atoms with van der Waals surface area (Å²) >= 11 is 17.6. The van der Waals surface area contributed by atoms with E-state index in [1.54, 1.807) is 0 Å². The van der Waals surface area contributed by atoms with Gasteiger partial charge in [0.2, 0.25) is 0 Å². The molecule has 1 aromatic rings. The Kier molecular flexibility index (Phi) is 7.18. The Balaban J connectivity index is 1.47. The van der Waals surface area contributed by atoms with Crippen molar-refractivity contribution in [1.82, 2.24) is 15.8 Å². The van der Waals surface area contributed by atoms with Crippen LogP contribution in [-0.4, -0.2) is 47.6 Å².